The highest BCUT2D eigenvalue weighted by Gasteiger charge is 2.36. The maximum absolute atomic E-state index is 12.6. The van der Waals surface area contributed by atoms with Gasteiger partial charge in [-0.15, -0.1) is 0 Å². The number of hydrogen-bond acceptors (Lipinski definition) is 2. The van der Waals surface area contributed by atoms with Crippen LogP contribution in [0.4, 0.5) is 0 Å². The third kappa shape index (κ3) is 3.06. The number of amides is 1. The lowest BCUT2D eigenvalue weighted by Crippen LogP contribution is -2.40. The normalized spacial score (nSPS) is 20.5. The number of rotatable bonds is 4. The minimum Gasteiger partial charge on any atom is -0.480 e. The van der Waals surface area contributed by atoms with Crippen molar-refractivity contribution in [2.24, 2.45) is 5.92 Å². The van der Waals surface area contributed by atoms with Crippen molar-refractivity contribution in [1.82, 2.24) is 5.32 Å². The lowest BCUT2D eigenvalue weighted by atomic mass is 10.0. The third-order valence-electron chi connectivity index (χ3n) is 4.54. The largest absolute Gasteiger partial charge is 0.480 e. The molecule has 2 aromatic carbocycles. The predicted octanol–water partition coefficient (Wildman–Crippen LogP) is 3.91. The van der Waals surface area contributed by atoms with Crippen LogP contribution in [0.3, 0.4) is 0 Å². The molecule has 0 radical (unpaired) electrons. The molecular formula is C19H18ClNO2. The number of hydrogen-bond donors (Lipinski definition) is 1. The minimum absolute atomic E-state index is 0.0434. The second-order valence-electron chi connectivity index (χ2n) is 6.30. The number of benzene rings is 2. The average Bonchev–Trinajstić information content (AvgIpc) is 3.32. The molecule has 2 unspecified atom stereocenters. The first-order valence-corrected chi connectivity index (χ1v) is 8.39. The Morgan fingerprint density at radius 3 is 2.70 bits per heavy atom. The van der Waals surface area contributed by atoms with Gasteiger partial charge in [-0.3, -0.25) is 4.79 Å². The number of carbonyl (C=O) groups excluding carboxylic acids is 1. The Labute approximate surface area is 140 Å². The molecule has 0 bridgehead atoms. The standard InChI is InChI=1S/C19H18ClNO2/c20-15-8-9-16-14(10-15)11-17(23-16)19(22)21-18(13-6-7-13)12-4-2-1-3-5-12/h1-5,8-10,13,17-18H,6-7,11H2,(H,21,22). The van der Waals surface area contributed by atoms with Crippen molar-refractivity contribution >= 4 is 17.5 Å². The average molecular weight is 328 g/mol. The van der Waals surface area contributed by atoms with Crippen molar-refractivity contribution in [3.8, 4) is 5.75 Å². The maximum Gasteiger partial charge on any atom is 0.261 e. The number of fused-ring (bicyclic) bond motifs is 1. The van der Waals surface area contributed by atoms with Gasteiger partial charge in [0.25, 0.3) is 5.91 Å². The number of ether oxygens (including phenoxy) is 1. The highest BCUT2D eigenvalue weighted by molar-refractivity contribution is 6.30. The van der Waals surface area contributed by atoms with Gasteiger partial charge < -0.3 is 10.1 Å². The van der Waals surface area contributed by atoms with E-state index in [1.165, 1.54) is 18.4 Å². The van der Waals surface area contributed by atoms with Gasteiger partial charge in [0.1, 0.15) is 5.75 Å². The van der Waals surface area contributed by atoms with Crippen LogP contribution < -0.4 is 10.1 Å². The molecule has 118 valence electrons. The van der Waals surface area contributed by atoms with Crippen LogP contribution in [0.25, 0.3) is 0 Å². The molecule has 4 rings (SSSR count). The summed E-state index contributed by atoms with van der Waals surface area (Å²) in [6, 6.07) is 15.8. The molecule has 2 aliphatic rings. The van der Waals surface area contributed by atoms with Crippen LogP contribution in [0.5, 0.6) is 5.75 Å². The molecule has 4 heteroatoms. The fourth-order valence-electron chi connectivity index (χ4n) is 3.17. The summed E-state index contributed by atoms with van der Waals surface area (Å²) in [5, 5.41) is 3.86. The fraction of sp³-hybridized carbons (Fsp3) is 0.316. The molecule has 23 heavy (non-hydrogen) atoms. The Hall–Kier alpha value is -2.00. The zero-order chi connectivity index (χ0) is 15.8. The van der Waals surface area contributed by atoms with Crippen LogP contribution in [0.2, 0.25) is 5.02 Å². The van der Waals surface area contributed by atoms with Gasteiger partial charge in [-0.05, 0) is 48.1 Å². The van der Waals surface area contributed by atoms with Crippen LogP contribution in [0.15, 0.2) is 48.5 Å². The molecular weight excluding hydrogens is 310 g/mol. The number of carbonyl (C=O) groups is 1. The molecule has 0 aromatic heterocycles. The Bertz CT molecular complexity index is 727. The second-order valence-corrected chi connectivity index (χ2v) is 6.73. The molecule has 0 saturated heterocycles. The predicted molar refractivity (Wildman–Crippen MR) is 89.6 cm³/mol. The van der Waals surface area contributed by atoms with E-state index in [9.17, 15) is 4.79 Å². The van der Waals surface area contributed by atoms with E-state index >= 15 is 0 Å². The van der Waals surface area contributed by atoms with E-state index in [1.54, 1.807) is 6.07 Å². The maximum atomic E-state index is 12.6. The van der Waals surface area contributed by atoms with Gasteiger partial charge >= 0.3 is 0 Å². The summed E-state index contributed by atoms with van der Waals surface area (Å²) in [5.74, 6) is 1.26. The van der Waals surface area contributed by atoms with Crippen LogP contribution in [0, 0.1) is 5.92 Å². The fourth-order valence-corrected chi connectivity index (χ4v) is 3.37. The molecule has 2 aromatic rings. The number of halogens is 1. The Morgan fingerprint density at radius 2 is 1.96 bits per heavy atom. The second kappa shape index (κ2) is 5.89. The van der Waals surface area contributed by atoms with E-state index in [0.717, 1.165) is 11.3 Å². The summed E-state index contributed by atoms with van der Waals surface area (Å²) >= 11 is 6.01. The van der Waals surface area contributed by atoms with Gasteiger partial charge in [-0.25, -0.2) is 0 Å². The summed E-state index contributed by atoms with van der Waals surface area (Å²) in [7, 11) is 0. The first-order valence-electron chi connectivity index (χ1n) is 8.01. The van der Waals surface area contributed by atoms with Gasteiger partial charge in [-0.2, -0.15) is 0 Å². The third-order valence-corrected chi connectivity index (χ3v) is 4.77. The zero-order valence-electron chi connectivity index (χ0n) is 12.7. The van der Waals surface area contributed by atoms with Crippen LogP contribution in [-0.2, 0) is 11.2 Å². The smallest absolute Gasteiger partial charge is 0.261 e. The highest BCUT2D eigenvalue weighted by atomic mass is 35.5. The van der Waals surface area contributed by atoms with Gasteiger partial charge in [0.05, 0.1) is 6.04 Å². The van der Waals surface area contributed by atoms with Crippen molar-refractivity contribution in [2.75, 3.05) is 0 Å². The van der Waals surface area contributed by atoms with Crippen LogP contribution in [-0.4, -0.2) is 12.0 Å². The van der Waals surface area contributed by atoms with Crippen LogP contribution >= 0.6 is 11.6 Å². The first kappa shape index (κ1) is 14.6. The van der Waals surface area contributed by atoms with E-state index in [4.69, 9.17) is 16.3 Å². The van der Waals surface area contributed by atoms with Crippen molar-refractivity contribution < 1.29 is 9.53 Å². The van der Waals surface area contributed by atoms with Gasteiger partial charge in [0.15, 0.2) is 6.10 Å². The molecule has 1 saturated carbocycles. The van der Waals surface area contributed by atoms with E-state index in [2.05, 4.69) is 17.4 Å². The lowest BCUT2D eigenvalue weighted by molar-refractivity contribution is -0.128. The topological polar surface area (TPSA) is 38.3 Å². The molecule has 2 atom stereocenters. The SMILES string of the molecule is O=C(NC(c1ccccc1)C1CC1)C1Cc2cc(Cl)ccc2O1. The molecule has 3 nitrogen and oxygen atoms in total. The summed E-state index contributed by atoms with van der Waals surface area (Å²) in [6.45, 7) is 0. The molecule has 1 N–H and O–H groups in total. The Balaban J connectivity index is 1.47. The Morgan fingerprint density at radius 1 is 1.17 bits per heavy atom. The van der Waals surface area contributed by atoms with Crippen molar-refractivity contribution in [2.45, 2.75) is 31.4 Å². The highest BCUT2D eigenvalue weighted by Crippen LogP contribution is 2.41. The van der Waals surface area contributed by atoms with Crippen molar-refractivity contribution in [3.63, 3.8) is 0 Å². The monoisotopic (exact) mass is 327 g/mol. The summed E-state index contributed by atoms with van der Waals surface area (Å²) in [6.07, 6.45) is 2.45. The molecule has 1 amide bonds. The van der Waals surface area contributed by atoms with Gasteiger partial charge in [0, 0.05) is 11.4 Å². The molecule has 1 aliphatic heterocycles. The zero-order valence-corrected chi connectivity index (χ0v) is 13.4. The van der Waals surface area contributed by atoms with Crippen molar-refractivity contribution in [3.05, 3.63) is 64.7 Å². The van der Waals surface area contributed by atoms with Gasteiger partial charge in [-0.1, -0.05) is 41.9 Å². The summed E-state index contributed by atoms with van der Waals surface area (Å²) in [5.41, 5.74) is 2.17. The van der Waals surface area contributed by atoms with Crippen LogP contribution in [0.1, 0.15) is 30.0 Å². The first-order chi connectivity index (χ1) is 11.2. The minimum atomic E-state index is -0.464. The lowest BCUT2D eigenvalue weighted by Gasteiger charge is -2.21. The summed E-state index contributed by atoms with van der Waals surface area (Å²) < 4.78 is 5.79. The van der Waals surface area contributed by atoms with Crippen molar-refractivity contribution in [1.29, 1.82) is 0 Å². The van der Waals surface area contributed by atoms with E-state index in [-0.39, 0.29) is 11.9 Å². The van der Waals surface area contributed by atoms with E-state index in [0.29, 0.717) is 17.4 Å². The van der Waals surface area contributed by atoms with E-state index in [1.807, 2.05) is 30.3 Å². The molecule has 1 heterocycles. The Kier molecular flexibility index (Phi) is 3.74. The summed E-state index contributed by atoms with van der Waals surface area (Å²) in [4.78, 5) is 12.6. The number of nitrogens with one attached hydrogen (secondary N) is 1. The van der Waals surface area contributed by atoms with Gasteiger partial charge in [0.2, 0.25) is 0 Å². The molecule has 0 spiro atoms. The molecule has 1 aliphatic carbocycles. The van der Waals surface area contributed by atoms with E-state index < -0.39 is 6.10 Å². The quantitative estimate of drug-likeness (QED) is 0.924. The molecule has 1 fully saturated rings.